The van der Waals surface area contributed by atoms with Crippen LogP contribution in [-0.4, -0.2) is 22.5 Å². The van der Waals surface area contributed by atoms with Crippen LogP contribution < -0.4 is 0 Å². The van der Waals surface area contributed by atoms with Gasteiger partial charge in [0.15, 0.2) is 0 Å². The molecule has 0 atom stereocenters. The van der Waals surface area contributed by atoms with Crippen LogP contribution >= 0.6 is 22.6 Å². The molecule has 1 aromatic rings. The monoisotopic (exact) mass is 299 g/mol. The number of nitrogens with zero attached hydrogens (tertiary/aromatic N) is 3. The third-order valence-corrected chi connectivity index (χ3v) is 2.68. The highest BCUT2D eigenvalue weighted by atomic mass is 127. The van der Waals surface area contributed by atoms with Crippen LogP contribution in [0.5, 0.6) is 0 Å². The highest BCUT2D eigenvalue weighted by Gasteiger charge is 2.05. The molecular weight excluding hydrogens is 289 g/mol. The molecule has 0 saturated heterocycles. The lowest BCUT2D eigenvalue weighted by Crippen LogP contribution is -1.93. The highest BCUT2D eigenvalue weighted by molar-refractivity contribution is 14.1. The molecule has 0 aliphatic heterocycles. The molecule has 1 aromatic heterocycles. The summed E-state index contributed by atoms with van der Waals surface area (Å²) in [6, 6.07) is 3.85. The zero-order valence-corrected chi connectivity index (χ0v) is 9.97. The predicted molar refractivity (Wildman–Crippen MR) is 69.1 cm³/mol. The molecule has 4 heteroatoms. The largest absolute Gasteiger partial charge is 0.281 e. The van der Waals surface area contributed by atoms with E-state index in [1.54, 1.807) is 25.6 Å². The maximum atomic E-state index is 4.10. The molecule has 3 nitrogen and oxygen atoms in total. The Hall–Kier alpha value is -1.04. The van der Waals surface area contributed by atoms with Crippen LogP contribution in [0.4, 0.5) is 0 Å². The first-order valence-corrected chi connectivity index (χ1v) is 5.06. The van der Waals surface area contributed by atoms with Gasteiger partial charge in [-0.3, -0.25) is 15.0 Å². The van der Waals surface area contributed by atoms with E-state index in [2.05, 4.69) is 44.3 Å². The van der Waals surface area contributed by atoms with Crippen LogP contribution in [0.15, 0.2) is 40.7 Å². The Morgan fingerprint density at radius 1 is 1.64 bits per heavy atom. The summed E-state index contributed by atoms with van der Waals surface area (Å²) in [4.78, 5) is 11.9. The lowest BCUT2D eigenvalue weighted by Gasteiger charge is -2.02. The molecule has 0 unspecified atom stereocenters. The molecule has 0 saturated carbocycles. The van der Waals surface area contributed by atoms with Crippen molar-refractivity contribution in [3.05, 3.63) is 36.3 Å². The van der Waals surface area contributed by atoms with Crippen molar-refractivity contribution in [3.63, 3.8) is 0 Å². The normalized spacial score (nSPS) is 12.7. The van der Waals surface area contributed by atoms with Gasteiger partial charge in [0.1, 0.15) is 3.72 Å². The third-order valence-electron chi connectivity index (χ3n) is 1.61. The fourth-order valence-electron chi connectivity index (χ4n) is 0.981. The van der Waals surface area contributed by atoms with Crippen molar-refractivity contribution in [2.24, 2.45) is 9.98 Å². The number of hydrogen-bond acceptors (Lipinski definition) is 3. The second kappa shape index (κ2) is 5.64. The summed E-state index contributed by atoms with van der Waals surface area (Å²) < 4.78 is 0.892. The van der Waals surface area contributed by atoms with Crippen LogP contribution in [0, 0.1) is 0 Å². The first-order chi connectivity index (χ1) is 6.79. The molecule has 0 bridgehead atoms. The predicted octanol–water partition coefficient (Wildman–Crippen LogP) is 2.59. The molecule has 0 aliphatic rings. The summed E-state index contributed by atoms with van der Waals surface area (Å²) >= 11 is 2.16. The van der Waals surface area contributed by atoms with Crippen molar-refractivity contribution in [2.75, 3.05) is 7.05 Å². The van der Waals surface area contributed by atoms with Crippen LogP contribution in [0.1, 0.15) is 5.56 Å². The van der Waals surface area contributed by atoms with Gasteiger partial charge in [-0.15, -0.1) is 0 Å². The van der Waals surface area contributed by atoms with Crippen LogP contribution in [0.2, 0.25) is 0 Å². The van der Waals surface area contributed by atoms with E-state index in [9.17, 15) is 0 Å². The Morgan fingerprint density at radius 3 is 2.93 bits per heavy atom. The van der Waals surface area contributed by atoms with Gasteiger partial charge in [-0.05, 0) is 35.4 Å². The second-order valence-corrected chi connectivity index (χ2v) is 3.50. The molecule has 0 fully saturated rings. The molecule has 0 aromatic carbocycles. The van der Waals surface area contributed by atoms with Gasteiger partial charge in [0.05, 0.1) is 0 Å². The van der Waals surface area contributed by atoms with E-state index >= 15 is 0 Å². The fourth-order valence-corrected chi connectivity index (χ4v) is 1.43. The van der Waals surface area contributed by atoms with Gasteiger partial charge in [0, 0.05) is 36.8 Å². The molecular formula is C10H10IN3. The summed E-state index contributed by atoms with van der Waals surface area (Å²) in [6.07, 6.45) is 5.20. The average molecular weight is 299 g/mol. The van der Waals surface area contributed by atoms with E-state index in [4.69, 9.17) is 0 Å². The smallest absolute Gasteiger partial charge is 0.104 e. The van der Waals surface area contributed by atoms with Gasteiger partial charge in [-0.1, -0.05) is 6.07 Å². The summed E-state index contributed by atoms with van der Waals surface area (Å²) in [5, 5.41) is 0. The Balaban J connectivity index is 3.14. The number of halogens is 1. The van der Waals surface area contributed by atoms with Gasteiger partial charge in [-0.2, -0.15) is 0 Å². The second-order valence-electron chi connectivity index (χ2n) is 2.48. The quantitative estimate of drug-likeness (QED) is 0.624. The Morgan fingerprint density at radius 2 is 2.43 bits per heavy atom. The highest BCUT2D eigenvalue weighted by Crippen LogP contribution is 2.18. The minimum Gasteiger partial charge on any atom is -0.281 e. The van der Waals surface area contributed by atoms with Crippen molar-refractivity contribution in [3.8, 4) is 0 Å². The van der Waals surface area contributed by atoms with Gasteiger partial charge >= 0.3 is 0 Å². The number of hydrogen-bond donors (Lipinski definition) is 0. The summed E-state index contributed by atoms with van der Waals surface area (Å²) in [5.74, 6) is 0. The van der Waals surface area contributed by atoms with E-state index in [0.717, 1.165) is 14.9 Å². The van der Waals surface area contributed by atoms with Crippen molar-refractivity contribution < 1.29 is 0 Å². The van der Waals surface area contributed by atoms with E-state index in [-0.39, 0.29) is 0 Å². The standard InChI is InChI=1S/C10H10IN3/c1-12-7-9(10(11)13-2)8-4-3-5-14-6-8/h3-7H,1H2,2H3/b9-7-,13-10?. The Kier molecular flexibility index (Phi) is 4.45. The molecule has 1 rings (SSSR count). The molecule has 0 N–H and O–H groups in total. The molecule has 0 aliphatic carbocycles. The van der Waals surface area contributed by atoms with Crippen molar-refractivity contribution in [1.82, 2.24) is 4.98 Å². The van der Waals surface area contributed by atoms with E-state index < -0.39 is 0 Å². The van der Waals surface area contributed by atoms with Gasteiger partial charge in [-0.25, -0.2) is 0 Å². The summed E-state index contributed by atoms with van der Waals surface area (Å²) in [5.41, 5.74) is 1.94. The molecule has 0 amide bonds. The lowest BCUT2D eigenvalue weighted by molar-refractivity contribution is 1.31. The number of aromatic nitrogens is 1. The third kappa shape index (κ3) is 2.73. The van der Waals surface area contributed by atoms with E-state index in [0.29, 0.717) is 0 Å². The molecule has 0 spiro atoms. The zero-order valence-electron chi connectivity index (χ0n) is 7.81. The van der Waals surface area contributed by atoms with Crippen molar-refractivity contribution in [2.45, 2.75) is 0 Å². The molecule has 0 radical (unpaired) electrons. The average Bonchev–Trinajstić information content (AvgIpc) is 2.26. The van der Waals surface area contributed by atoms with Gasteiger partial charge < -0.3 is 0 Å². The summed E-state index contributed by atoms with van der Waals surface area (Å²) in [7, 11) is 1.75. The lowest BCUT2D eigenvalue weighted by atomic mass is 10.1. The minimum absolute atomic E-state index is 0.892. The van der Waals surface area contributed by atoms with E-state index in [1.165, 1.54) is 0 Å². The Labute approximate surface area is 96.8 Å². The molecule has 72 valence electrons. The maximum absolute atomic E-state index is 4.10. The van der Waals surface area contributed by atoms with Gasteiger partial charge in [0.2, 0.25) is 0 Å². The molecule has 1 heterocycles. The van der Waals surface area contributed by atoms with Crippen LogP contribution in [0.25, 0.3) is 5.57 Å². The first-order valence-electron chi connectivity index (χ1n) is 3.98. The number of rotatable bonds is 3. The minimum atomic E-state index is 0.892. The number of aliphatic imine (C=N–C) groups is 2. The van der Waals surface area contributed by atoms with Gasteiger partial charge in [0.25, 0.3) is 0 Å². The van der Waals surface area contributed by atoms with Crippen molar-refractivity contribution >= 4 is 38.6 Å². The molecule has 14 heavy (non-hydrogen) atoms. The fraction of sp³-hybridized carbons (Fsp3) is 0.100. The van der Waals surface area contributed by atoms with Crippen LogP contribution in [0.3, 0.4) is 0 Å². The topological polar surface area (TPSA) is 37.6 Å². The first kappa shape index (κ1) is 11.0. The summed E-state index contributed by atoms with van der Waals surface area (Å²) in [6.45, 7) is 3.44. The van der Waals surface area contributed by atoms with E-state index in [1.807, 2.05) is 12.1 Å². The van der Waals surface area contributed by atoms with Crippen molar-refractivity contribution in [1.29, 1.82) is 0 Å². The number of allylic oxidation sites excluding steroid dienone is 1. The van der Waals surface area contributed by atoms with Crippen LogP contribution in [-0.2, 0) is 0 Å². The zero-order chi connectivity index (χ0) is 10.4. The Bertz CT molecular complexity index is 368. The maximum Gasteiger partial charge on any atom is 0.104 e. The SMILES string of the molecule is C=N/C=C(\C(I)=NC)c1cccnc1. The number of pyridine rings is 1.